The van der Waals surface area contributed by atoms with E-state index in [9.17, 15) is 14.0 Å². The van der Waals surface area contributed by atoms with Crippen LogP contribution in [0.3, 0.4) is 0 Å². The summed E-state index contributed by atoms with van der Waals surface area (Å²) in [6.45, 7) is 1.16. The van der Waals surface area contributed by atoms with Crippen molar-refractivity contribution in [2.24, 2.45) is 0 Å². The molecule has 34 heavy (non-hydrogen) atoms. The number of nitrogens with one attached hydrogen (secondary N) is 1. The van der Waals surface area contributed by atoms with Crippen molar-refractivity contribution in [1.82, 2.24) is 0 Å². The summed E-state index contributed by atoms with van der Waals surface area (Å²) >= 11 is 0. The quantitative estimate of drug-likeness (QED) is 0.547. The fraction of sp³-hybridized carbons (Fsp3) is 0.333. The molecule has 1 amide bonds. The molecule has 0 saturated carbocycles. The predicted octanol–water partition coefficient (Wildman–Crippen LogP) is 4.98. The predicted molar refractivity (Wildman–Crippen MR) is 129 cm³/mol. The van der Waals surface area contributed by atoms with Gasteiger partial charge in [-0.1, -0.05) is 24.3 Å². The number of ether oxygens (including phenoxy) is 1. The van der Waals surface area contributed by atoms with Crippen molar-refractivity contribution in [3.8, 4) is 0 Å². The minimum Gasteiger partial charge on any atom is -0.484 e. The number of hydrogen-bond acceptors (Lipinski definition) is 4. The normalized spacial score (nSPS) is 14.9. The smallest absolute Gasteiger partial charge is 0.303 e. The summed E-state index contributed by atoms with van der Waals surface area (Å²) in [5, 5.41) is 12.1. The molecule has 2 aliphatic rings. The number of anilines is 2. The summed E-state index contributed by atoms with van der Waals surface area (Å²) in [6.07, 6.45) is 9.68. The molecule has 2 aromatic rings. The standard InChI is InChI=1S/C27H29FN2O4/c28-24-16-21(13-11-19(24)12-14-27(32)33)29-17-20-6-4-10-25-23(20)9-5-15-30(25)26(31)18-34-22-7-2-1-3-8-22/h2,4,6-8,10-11,13,16,29H,1,3,5,9,12,14-15,17-18H2,(H,32,33). The molecule has 1 heterocycles. The van der Waals surface area contributed by atoms with Crippen LogP contribution in [0.1, 0.15) is 42.4 Å². The second-order valence-electron chi connectivity index (χ2n) is 8.49. The lowest BCUT2D eigenvalue weighted by atomic mass is 9.96. The van der Waals surface area contributed by atoms with Gasteiger partial charge < -0.3 is 20.1 Å². The minimum absolute atomic E-state index is 0.00555. The highest BCUT2D eigenvalue weighted by atomic mass is 19.1. The first-order valence-electron chi connectivity index (χ1n) is 11.7. The van der Waals surface area contributed by atoms with Gasteiger partial charge in [0, 0.05) is 30.9 Å². The molecule has 2 N–H and O–H groups in total. The van der Waals surface area contributed by atoms with Crippen molar-refractivity contribution in [3.05, 3.63) is 82.9 Å². The third-order valence-electron chi connectivity index (χ3n) is 6.12. The Morgan fingerprint density at radius 3 is 2.79 bits per heavy atom. The lowest BCUT2D eigenvalue weighted by Gasteiger charge is -2.31. The molecule has 1 aliphatic carbocycles. The molecule has 0 radical (unpaired) electrons. The minimum atomic E-state index is -0.947. The van der Waals surface area contributed by atoms with Gasteiger partial charge in [0.25, 0.3) is 5.91 Å². The van der Waals surface area contributed by atoms with Crippen molar-refractivity contribution in [1.29, 1.82) is 0 Å². The third-order valence-corrected chi connectivity index (χ3v) is 6.12. The van der Waals surface area contributed by atoms with Crippen LogP contribution in [0.2, 0.25) is 0 Å². The van der Waals surface area contributed by atoms with Gasteiger partial charge in [-0.05, 0) is 79.1 Å². The summed E-state index contributed by atoms with van der Waals surface area (Å²) in [5.74, 6) is -0.681. The van der Waals surface area contributed by atoms with E-state index in [0.717, 1.165) is 48.3 Å². The maximum absolute atomic E-state index is 14.3. The van der Waals surface area contributed by atoms with Crippen LogP contribution in [0, 0.1) is 5.82 Å². The van der Waals surface area contributed by atoms with Gasteiger partial charge in [0.1, 0.15) is 11.6 Å². The number of halogens is 1. The number of nitrogens with zero attached hydrogens (tertiary/aromatic N) is 1. The number of carboxylic acid groups (broad SMARTS) is 1. The highest BCUT2D eigenvalue weighted by Crippen LogP contribution is 2.31. The van der Waals surface area contributed by atoms with Crippen molar-refractivity contribution >= 4 is 23.3 Å². The highest BCUT2D eigenvalue weighted by molar-refractivity contribution is 5.95. The van der Waals surface area contributed by atoms with Gasteiger partial charge in [-0.15, -0.1) is 0 Å². The van der Waals surface area contributed by atoms with Gasteiger partial charge >= 0.3 is 5.97 Å². The van der Waals surface area contributed by atoms with Gasteiger partial charge in [0.15, 0.2) is 6.61 Å². The largest absolute Gasteiger partial charge is 0.484 e. The van der Waals surface area contributed by atoms with Gasteiger partial charge in [0.05, 0.1) is 0 Å². The summed E-state index contributed by atoms with van der Waals surface area (Å²) in [5.41, 5.74) is 4.10. The zero-order chi connectivity index (χ0) is 23.9. The van der Waals surface area contributed by atoms with Crippen molar-refractivity contribution in [3.63, 3.8) is 0 Å². The van der Waals surface area contributed by atoms with E-state index < -0.39 is 11.8 Å². The second-order valence-corrected chi connectivity index (χ2v) is 8.49. The topological polar surface area (TPSA) is 78.9 Å². The molecule has 1 aliphatic heterocycles. The summed E-state index contributed by atoms with van der Waals surface area (Å²) in [4.78, 5) is 25.4. The van der Waals surface area contributed by atoms with E-state index in [1.807, 2.05) is 36.4 Å². The van der Waals surface area contributed by atoms with E-state index in [0.29, 0.717) is 24.3 Å². The molecule has 0 fully saturated rings. The number of carbonyl (C=O) groups excluding carboxylic acids is 1. The maximum atomic E-state index is 14.3. The highest BCUT2D eigenvalue weighted by Gasteiger charge is 2.24. The molecule has 0 bridgehead atoms. The van der Waals surface area contributed by atoms with E-state index in [1.54, 1.807) is 17.0 Å². The van der Waals surface area contributed by atoms with E-state index in [-0.39, 0.29) is 25.4 Å². The van der Waals surface area contributed by atoms with Crippen LogP contribution in [0.25, 0.3) is 0 Å². The van der Waals surface area contributed by atoms with Crippen LogP contribution in [0.4, 0.5) is 15.8 Å². The molecule has 4 rings (SSSR count). The molecule has 0 saturated heterocycles. The van der Waals surface area contributed by atoms with E-state index in [4.69, 9.17) is 9.84 Å². The van der Waals surface area contributed by atoms with Gasteiger partial charge in [-0.3, -0.25) is 9.59 Å². The monoisotopic (exact) mass is 464 g/mol. The number of carbonyl (C=O) groups is 2. The van der Waals surface area contributed by atoms with Crippen LogP contribution in [-0.4, -0.2) is 30.1 Å². The SMILES string of the molecule is O=C(O)CCc1ccc(NCc2cccc3c2CCCN3C(=O)COC2=CCCC=C2)cc1F. The Bertz CT molecular complexity index is 1130. The second kappa shape index (κ2) is 11.0. The Kier molecular flexibility index (Phi) is 7.62. The number of fused-ring (bicyclic) bond motifs is 1. The number of benzene rings is 2. The van der Waals surface area contributed by atoms with Crippen LogP contribution in [-0.2, 0) is 33.7 Å². The van der Waals surface area contributed by atoms with E-state index in [1.165, 1.54) is 6.07 Å². The zero-order valence-corrected chi connectivity index (χ0v) is 19.1. The van der Waals surface area contributed by atoms with Crippen LogP contribution < -0.4 is 10.2 Å². The van der Waals surface area contributed by atoms with E-state index in [2.05, 4.69) is 5.32 Å². The first-order chi connectivity index (χ1) is 16.5. The molecular weight excluding hydrogens is 435 g/mol. The molecule has 7 heteroatoms. The maximum Gasteiger partial charge on any atom is 0.303 e. The number of hydrogen-bond donors (Lipinski definition) is 2. The molecule has 6 nitrogen and oxygen atoms in total. The van der Waals surface area contributed by atoms with Gasteiger partial charge in [-0.25, -0.2) is 4.39 Å². The fourth-order valence-corrected chi connectivity index (χ4v) is 4.34. The first kappa shape index (κ1) is 23.5. The zero-order valence-electron chi connectivity index (χ0n) is 19.1. The average Bonchev–Trinajstić information content (AvgIpc) is 2.85. The van der Waals surface area contributed by atoms with Crippen LogP contribution in [0.15, 0.2) is 60.4 Å². The third kappa shape index (κ3) is 5.84. The molecule has 0 spiro atoms. The number of aryl methyl sites for hydroxylation is 1. The van der Waals surface area contributed by atoms with Crippen molar-refractivity contribution in [2.75, 3.05) is 23.4 Å². The Morgan fingerprint density at radius 1 is 1.15 bits per heavy atom. The number of amides is 1. The Morgan fingerprint density at radius 2 is 2.03 bits per heavy atom. The first-order valence-corrected chi connectivity index (χ1v) is 11.7. The van der Waals surface area contributed by atoms with Crippen molar-refractivity contribution < 1.29 is 23.8 Å². The molecule has 0 unspecified atom stereocenters. The number of rotatable bonds is 9. The van der Waals surface area contributed by atoms with E-state index >= 15 is 0 Å². The molecular formula is C27H29FN2O4. The molecule has 178 valence electrons. The lowest BCUT2D eigenvalue weighted by Crippen LogP contribution is -2.38. The fourth-order valence-electron chi connectivity index (χ4n) is 4.34. The molecule has 0 atom stereocenters. The molecule has 2 aromatic carbocycles. The number of aliphatic carboxylic acids is 1. The number of carboxylic acids is 1. The average molecular weight is 465 g/mol. The Hall–Kier alpha value is -3.61. The number of allylic oxidation sites excluding steroid dienone is 3. The molecule has 0 aromatic heterocycles. The Labute approximate surface area is 198 Å². The summed E-state index contributed by atoms with van der Waals surface area (Å²) in [7, 11) is 0. The van der Waals surface area contributed by atoms with Gasteiger partial charge in [0.2, 0.25) is 0 Å². The lowest BCUT2D eigenvalue weighted by molar-refractivity contribution is -0.137. The van der Waals surface area contributed by atoms with Crippen molar-refractivity contribution in [2.45, 2.75) is 45.1 Å². The van der Waals surface area contributed by atoms with Crippen LogP contribution in [0.5, 0.6) is 0 Å². The summed E-state index contributed by atoms with van der Waals surface area (Å²) in [6, 6.07) is 10.7. The van der Waals surface area contributed by atoms with Gasteiger partial charge in [-0.2, -0.15) is 0 Å². The van der Waals surface area contributed by atoms with Crippen LogP contribution >= 0.6 is 0 Å². The Balaban J connectivity index is 1.41. The summed E-state index contributed by atoms with van der Waals surface area (Å²) < 4.78 is 20.1.